The number of carbonyl (C=O) groups is 1. The Bertz CT molecular complexity index is 861. The molecule has 104 valence electrons. The van der Waals surface area contributed by atoms with Crippen molar-refractivity contribution in [1.82, 2.24) is 0 Å². The van der Waals surface area contributed by atoms with Gasteiger partial charge >= 0.3 is 0 Å². The minimum Gasteiger partial charge on any atom is -0.398 e. The minimum absolute atomic E-state index is 0.0404. The summed E-state index contributed by atoms with van der Waals surface area (Å²) in [5.74, 6) is -1.10. The molecule has 0 aliphatic rings. The lowest BCUT2D eigenvalue weighted by Gasteiger charge is -2.08. The third-order valence-corrected chi connectivity index (χ3v) is 3.57. The molecule has 3 aromatic rings. The van der Waals surface area contributed by atoms with Gasteiger partial charge in [-0.25, -0.2) is 4.39 Å². The predicted molar refractivity (Wildman–Crippen MR) is 83.2 cm³/mol. The first-order valence-electron chi connectivity index (χ1n) is 6.34. The molecule has 0 aliphatic heterocycles. The highest BCUT2D eigenvalue weighted by atomic mass is 35.5. The second kappa shape index (κ2) is 5.19. The molecule has 0 saturated heterocycles. The maximum absolute atomic E-state index is 13.9. The van der Waals surface area contributed by atoms with Gasteiger partial charge in [0.15, 0.2) is 5.78 Å². The van der Waals surface area contributed by atoms with Gasteiger partial charge in [-0.2, -0.15) is 0 Å². The molecule has 0 bridgehead atoms. The largest absolute Gasteiger partial charge is 0.398 e. The number of anilines is 1. The van der Waals surface area contributed by atoms with Crippen LogP contribution < -0.4 is 5.73 Å². The normalized spacial score (nSPS) is 10.8. The number of nitrogen functional groups attached to an aromatic ring is 1. The van der Waals surface area contributed by atoms with E-state index in [-0.39, 0.29) is 16.1 Å². The molecule has 2 N–H and O–H groups in total. The zero-order chi connectivity index (χ0) is 15.0. The van der Waals surface area contributed by atoms with Crippen molar-refractivity contribution in [2.45, 2.75) is 0 Å². The highest BCUT2D eigenvalue weighted by molar-refractivity contribution is 6.30. The van der Waals surface area contributed by atoms with Gasteiger partial charge in [0.2, 0.25) is 0 Å². The molecule has 0 fully saturated rings. The van der Waals surface area contributed by atoms with Crippen LogP contribution in [0.2, 0.25) is 5.02 Å². The number of benzene rings is 3. The third kappa shape index (κ3) is 2.48. The Morgan fingerprint density at radius 3 is 2.29 bits per heavy atom. The first-order valence-corrected chi connectivity index (χ1v) is 6.72. The van der Waals surface area contributed by atoms with Crippen LogP contribution in [0.5, 0.6) is 0 Å². The zero-order valence-electron chi connectivity index (χ0n) is 10.9. The molecule has 0 atom stereocenters. The molecule has 21 heavy (non-hydrogen) atoms. The highest BCUT2D eigenvalue weighted by Crippen LogP contribution is 2.25. The van der Waals surface area contributed by atoms with Crippen molar-refractivity contribution in [2.75, 3.05) is 5.73 Å². The van der Waals surface area contributed by atoms with E-state index in [2.05, 4.69) is 0 Å². The Labute approximate surface area is 126 Å². The van der Waals surface area contributed by atoms with Gasteiger partial charge < -0.3 is 5.73 Å². The molecule has 0 radical (unpaired) electrons. The molecule has 3 rings (SSSR count). The number of carbonyl (C=O) groups excluding carboxylic acids is 1. The molecule has 0 amide bonds. The van der Waals surface area contributed by atoms with E-state index >= 15 is 0 Å². The van der Waals surface area contributed by atoms with Crippen LogP contribution in [0.4, 0.5) is 10.1 Å². The lowest BCUT2D eigenvalue weighted by Crippen LogP contribution is -2.07. The van der Waals surface area contributed by atoms with E-state index in [1.807, 2.05) is 24.3 Å². The molecule has 4 heteroatoms. The molecule has 3 aromatic carbocycles. The fourth-order valence-corrected chi connectivity index (χ4v) is 2.43. The SMILES string of the molecule is Nc1cc2ccccc2cc1C(=O)c1ccc(Cl)cc1F. The lowest BCUT2D eigenvalue weighted by molar-refractivity contribution is 0.103. The Morgan fingerprint density at radius 1 is 0.952 bits per heavy atom. The van der Waals surface area contributed by atoms with Crippen LogP contribution in [0.15, 0.2) is 54.6 Å². The van der Waals surface area contributed by atoms with E-state index in [9.17, 15) is 9.18 Å². The first-order chi connectivity index (χ1) is 10.1. The topological polar surface area (TPSA) is 43.1 Å². The summed E-state index contributed by atoms with van der Waals surface area (Å²) in [6.07, 6.45) is 0. The summed E-state index contributed by atoms with van der Waals surface area (Å²) in [5.41, 5.74) is 6.51. The average molecular weight is 300 g/mol. The Kier molecular flexibility index (Phi) is 3.35. The van der Waals surface area contributed by atoms with Crippen LogP contribution >= 0.6 is 11.6 Å². The molecule has 0 spiro atoms. The van der Waals surface area contributed by atoms with E-state index in [0.29, 0.717) is 5.69 Å². The predicted octanol–water partition coefficient (Wildman–Crippen LogP) is 4.45. The van der Waals surface area contributed by atoms with Crippen molar-refractivity contribution in [1.29, 1.82) is 0 Å². The van der Waals surface area contributed by atoms with Crippen LogP contribution in [0.1, 0.15) is 15.9 Å². The monoisotopic (exact) mass is 299 g/mol. The van der Waals surface area contributed by atoms with Crippen molar-refractivity contribution in [3.05, 3.63) is 76.6 Å². The summed E-state index contributed by atoms with van der Waals surface area (Å²) in [6.45, 7) is 0. The Balaban J connectivity index is 2.15. The van der Waals surface area contributed by atoms with Gasteiger partial charge in [0.1, 0.15) is 5.82 Å². The number of nitrogens with two attached hydrogens (primary N) is 1. The summed E-state index contributed by atoms with van der Waals surface area (Å²) in [6, 6.07) is 14.9. The second-order valence-corrected chi connectivity index (χ2v) is 5.18. The van der Waals surface area contributed by atoms with Gasteiger partial charge in [0.05, 0.1) is 5.56 Å². The van der Waals surface area contributed by atoms with Gasteiger partial charge in [0.25, 0.3) is 0 Å². The number of halogens is 2. The molecule has 0 heterocycles. The van der Waals surface area contributed by atoms with Gasteiger partial charge in [0, 0.05) is 16.3 Å². The maximum atomic E-state index is 13.9. The number of fused-ring (bicyclic) bond motifs is 1. The van der Waals surface area contributed by atoms with Crippen molar-refractivity contribution in [3.63, 3.8) is 0 Å². The molecular weight excluding hydrogens is 289 g/mol. The van der Waals surface area contributed by atoms with Crippen LogP contribution in [-0.2, 0) is 0 Å². The van der Waals surface area contributed by atoms with Crippen LogP contribution in [0.25, 0.3) is 10.8 Å². The van der Waals surface area contributed by atoms with E-state index < -0.39 is 11.6 Å². The van der Waals surface area contributed by atoms with E-state index in [4.69, 9.17) is 17.3 Å². The fraction of sp³-hybridized carbons (Fsp3) is 0. The fourth-order valence-electron chi connectivity index (χ4n) is 2.27. The Hall–Kier alpha value is -2.39. The maximum Gasteiger partial charge on any atom is 0.198 e. The quantitative estimate of drug-likeness (QED) is 0.561. The molecule has 2 nitrogen and oxygen atoms in total. The van der Waals surface area contributed by atoms with Crippen LogP contribution in [-0.4, -0.2) is 5.78 Å². The summed E-state index contributed by atoms with van der Waals surface area (Å²) < 4.78 is 13.9. The van der Waals surface area contributed by atoms with Crippen LogP contribution in [0, 0.1) is 5.82 Å². The standard InChI is InChI=1S/C17H11ClFNO/c18-12-5-6-13(15(19)9-12)17(21)14-7-10-3-1-2-4-11(10)8-16(14)20/h1-9H,20H2. The van der Waals surface area contributed by atoms with Crippen molar-refractivity contribution >= 4 is 33.8 Å². The minimum atomic E-state index is -0.653. The zero-order valence-corrected chi connectivity index (χ0v) is 11.7. The number of ketones is 1. The van der Waals surface area contributed by atoms with Gasteiger partial charge in [-0.3, -0.25) is 4.79 Å². The summed E-state index contributed by atoms with van der Waals surface area (Å²) >= 11 is 5.70. The first kappa shape index (κ1) is 13.6. The van der Waals surface area contributed by atoms with Gasteiger partial charge in [-0.15, -0.1) is 0 Å². The number of hydrogen-bond acceptors (Lipinski definition) is 2. The third-order valence-electron chi connectivity index (χ3n) is 3.34. The molecule has 0 saturated carbocycles. The van der Waals surface area contributed by atoms with Gasteiger partial charge in [-0.1, -0.05) is 35.9 Å². The molecule has 0 unspecified atom stereocenters. The number of rotatable bonds is 2. The lowest BCUT2D eigenvalue weighted by atomic mass is 9.98. The number of hydrogen-bond donors (Lipinski definition) is 1. The Morgan fingerprint density at radius 2 is 1.62 bits per heavy atom. The second-order valence-electron chi connectivity index (χ2n) is 4.74. The molecule has 0 aromatic heterocycles. The van der Waals surface area contributed by atoms with E-state index in [0.717, 1.165) is 16.8 Å². The average Bonchev–Trinajstić information content (AvgIpc) is 2.46. The van der Waals surface area contributed by atoms with Gasteiger partial charge in [-0.05, 0) is 41.1 Å². The smallest absolute Gasteiger partial charge is 0.198 e. The molecule has 0 aliphatic carbocycles. The highest BCUT2D eigenvalue weighted by Gasteiger charge is 2.17. The van der Waals surface area contributed by atoms with Crippen molar-refractivity contribution in [2.24, 2.45) is 0 Å². The summed E-state index contributed by atoms with van der Waals surface area (Å²) in [4.78, 5) is 12.5. The van der Waals surface area contributed by atoms with Crippen molar-refractivity contribution in [3.8, 4) is 0 Å². The van der Waals surface area contributed by atoms with Crippen molar-refractivity contribution < 1.29 is 9.18 Å². The summed E-state index contributed by atoms with van der Waals surface area (Å²) in [7, 11) is 0. The molecular formula is C17H11ClFNO. The van der Waals surface area contributed by atoms with Crippen LogP contribution in [0.3, 0.4) is 0 Å². The summed E-state index contributed by atoms with van der Waals surface area (Å²) in [5, 5.41) is 2.06. The van der Waals surface area contributed by atoms with E-state index in [1.54, 1.807) is 12.1 Å². The van der Waals surface area contributed by atoms with E-state index in [1.165, 1.54) is 12.1 Å².